The van der Waals surface area contributed by atoms with Gasteiger partial charge >= 0.3 is 5.97 Å². The van der Waals surface area contributed by atoms with Crippen LogP contribution in [0.4, 0.5) is 0 Å². The molecule has 0 saturated heterocycles. The molecule has 1 aliphatic heterocycles. The minimum absolute atomic E-state index is 0.224. The first-order chi connectivity index (χ1) is 8.10. The van der Waals surface area contributed by atoms with Gasteiger partial charge < -0.3 is 14.7 Å². The Morgan fingerprint density at radius 3 is 2.65 bits per heavy atom. The molecular weight excluding hydrogens is 222 g/mol. The summed E-state index contributed by atoms with van der Waals surface area (Å²) >= 11 is 0. The Hall–Kier alpha value is -1.36. The van der Waals surface area contributed by atoms with Crippen LogP contribution in [0.3, 0.4) is 0 Å². The molecule has 5 heteroatoms. The van der Waals surface area contributed by atoms with Crippen molar-refractivity contribution >= 4 is 11.9 Å². The van der Waals surface area contributed by atoms with Gasteiger partial charge in [-0.3, -0.25) is 9.59 Å². The molecule has 0 atom stereocenters. The van der Waals surface area contributed by atoms with Gasteiger partial charge in [0.05, 0.1) is 6.61 Å². The molecule has 1 fully saturated rings. The predicted molar refractivity (Wildman–Crippen MR) is 60.5 cm³/mol. The summed E-state index contributed by atoms with van der Waals surface area (Å²) in [7, 11) is 1.64. The summed E-state index contributed by atoms with van der Waals surface area (Å²) in [5.41, 5.74) is 0.0730. The second-order valence-corrected chi connectivity index (χ2v) is 4.68. The zero-order valence-corrected chi connectivity index (χ0v) is 9.94. The molecule has 1 N–H and O–H groups in total. The Bertz CT molecular complexity index is 371. The van der Waals surface area contributed by atoms with Gasteiger partial charge in [0.2, 0.25) is 5.91 Å². The van der Waals surface area contributed by atoms with Crippen LogP contribution in [0, 0.1) is 5.41 Å². The summed E-state index contributed by atoms with van der Waals surface area (Å²) in [6, 6.07) is 0. The van der Waals surface area contributed by atoms with Gasteiger partial charge in [-0.1, -0.05) is 6.08 Å². The number of hydrogen-bond donors (Lipinski definition) is 1. The average Bonchev–Trinajstić information content (AvgIpc) is 3.11. The molecule has 0 aromatic heterocycles. The van der Waals surface area contributed by atoms with Crippen molar-refractivity contribution in [3.8, 4) is 0 Å². The van der Waals surface area contributed by atoms with Crippen LogP contribution in [0.25, 0.3) is 0 Å². The van der Waals surface area contributed by atoms with Crippen molar-refractivity contribution in [2.45, 2.75) is 19.3 Å². The highest BCUT2D eigenvalue weighted by Gasteiger charge is 2.58. The van der Waals surface area contributed by atoms with Crippen LogP contribution in [-0.4, -0.2) is 48.7 Å². The highest BCUT2D eigenvalue weighted by Crippen LogP contribution is 2.47. The number of methoxy groups -OCH3 is 1. The number of carboxylic acids is 1. The topological polar surface area (TPSA) is 66.8 Å². The fourth-order valence-electron chi connectivity index (χ4n) is 2.16. The molecule has 1 heterocycles. The molecule has 1 amide bonds. The molecule has 94 valence electrons. The molecule has 0 spiro atoms. The first kappa shape index (κ1) is 12.1. The van der Waals surface area contributed by atoms with E-state index in [4.69, 9.17) is 9.84 Å². The van der Waals surface area contributed by atoms with E-state index < -0.39 is 11.4 Å². The molecule has 1 saturated carbocycles. The van der Waals surface area contributed by atoms with Crippen LogP contribution in [0.2, 0.25) is 0 Å². The Morgan fingerprint density at radius 1 is 1.53 bits per heavy atom. The molecule has 0 bridgehead atoms. The molecule has 0 radical (unpaired) electrons. The number of hydrogen-bond acceptors (Lipinski definition) is 3. The van der Waals surface area contributed by atoms with Crippen LogP contribution in [0.5, 0.6) is 0 Å². The first-order valence-corrected chi connectivity index (χ1v) is 5.80. The number of ether oxygens (including phenoxy) is 1. The number of amides is 1. The fraction of sp³-hybridized carbons (Fsp3) is 0.667. The molecule has 1 aliphatic carbocycles. The molecule has 5 nitrogen and oxygen atoms in total. The van der Waals surface area contributed by atoms with Crippen LogP contribution in [-0.2, 0) is 14.3 Å². The van der Waals surface area contributed by atoms with E-state index in [9.17, 15) is 9.59 Å². The maximum Gasteiger partial charge on any atom is 0.319 e. The zero-order chi connectivity index (χ0) is 12.5. The third-order valence-electron chi connectivity index (χ3n) is 3.49. The third-order valence-corrected chi connectivity index (χ3v) is 3.49. The Balaban J connectivity index is 1.98. The smallest absolute Gasteiger partial charge is 0.319 e. The highest BCUT2D eigenvalue weighted by molar-refractivity contribution is 6.04. The normalized spacial score (nSPS) is 21.9. The number of carbonyl (C=O) groups excluding carboxylic acids is 1. The quantitative estimate of drug-likeness (QED) is 0.578. The van der Waals surface area contributed by atoms with Gasteiger partial charge in [0, 0.05) is 20.2 Å². The van der Waals surface area contributed by atoms with Crippen molar-refractivity contribution in [1.29, 1.82) is 0 Å². The molecule has 0 unspecified atom stereocenters. The SMILES string of the molecule is COCC1=CCN(C(=O)C2(C(=O)O)CC2)CC1. The molecular formula is C12H17NO4. The van der Waals surface area contributed by atoms with Gasteiger partial charge in [0.25, 0.3) is 0 Å². The second-order valence-electron chi connectivity index (χ2n) is 4.68. The monoisotopic (exact) mass is 239 g/mol. The Morgan fingerprint density at radius 2 is 2.24 bits per heavy atom. The maximum absolute atomic E-state index is 12.1. The minimum Gasteiger partial charge on any atom is -0.480 e. The van der Waals surface area contributed by atoms with Gasteiger partial charge in [0.15, 0.2) is 0 Å². The summed E-state index contributed by atoms with van der Waals surface area (Å²) in [6.45, 7) is 1.70. The standard InChI is InChI=1S/C12H17NO4/c1-17-8-9-2-6-13(7-3-9)10(14)12(4-5-12)11(15)16/h2H,3-8H2,1H3,(H,15,16). The number of aliphatic carboxylic acids is 1. The van der Waals surface area contributed by atoms with E-state index in [2.05, 4.69) is 0 Å². The maximum atomic E-state index is 12.1. The summed E-state index contributed by atoms with van der Waals surface area (Å²) in [4.78, 5) is 24.8. The van der Waals surface area contributed by atoms with Crippen molar-refractivity contribution < 1.29 is 19.4 Å². The molecule has 0 aromatic rings. The number of rotatable bonds is 4. The molecule has 0 aromatic carbocycles. The summed E-state index contributed by atoms with van der Waals surface area (Å²) in [5, 5.41) is 9.06. The lowest BCUT2D eigenvalue weighted by Gasteiger charge is -2.28. The Kier molecular flexibility index (Phi) is 3.19. The largest absolute Gasteiger partial charge is 0.480 e. The van der Waals surface area contributed by atoms with E-state index in [0.29, 0.717) is 32.5 Å². The van der Waals surface area contributed by atoms with E-state index >= 15 is 0 Å². The zero-order valence-electron chi connectivity index (χ0n) is 9.94. The van der Waals surface area contributed by atoms with Crippen molar-refractivity contribution in [3.63, 3.8) is 0 Å². The Labute approximate surface area is 100 Å². The van der Waals surface area contributed by atoms with Crippen LogP contribution in [0.1, 0.15) is 19.3 Å². The van der Waals surface area contributed by atoms with Crippen LogP contribution in [0.15, 0.2) is 11.6 Å². The number of nitrogens with zero attached hydrogens (tertiary/aromatic N) is 1. The van der Waals surface area contributed by atoms with Gasteiger partial charge in [-0.05, 0) is 24.8 Å². The summed E-state index contributed by atoms with van der Waals surface area (Å²) in [6.07, 6.45) is 3.69. The minimum atomic E-state index is -1.10. The lowest BCUT2D eigenvalue weighted by molar-refractivity contribution is -0.153. The number of carboxylic acid groups (broad SMARTS) is 1. The van der Waals surface area contributed by atoms with E-state index in [1.54, 1.807) is 12.0 Å². The lowest BCUT2D eigenvalue weighted by atomic mass is 10.0. The van der Waals surface area contributed by atoms with Crippen molar-refractivity contribution in [2.24, 2.45) is 5.41 Å². The average molecular weight is 239 g/mol. The summed E-state index contributed by atoms with van der Waals surface area (Å²) in [5.74, 6) is -1.20. The highest BCUT2D eigenvalue weighted by atomic mass is 16.5. The van der Waals surface area contributed by atoms with Gasteiger partial charge in [0.1, 0.15) is 5.41 Å². The second kappa shape index (κ2) is 4.49. The van der Waals surface area contributed by atoms with Gasteiger partial charge in [-0.2, -0.15) is 0 Å². The first-order valence-electron chi connectivity index (χ1n) is 5.80. The van der Waals surface area contributed by atoms with E-state index in [1.165, 1.54) is 5.57 Å². The molecule has 2 aliphatic rings. The van der Waals surface area contributed by atoms with Crippen molar-refractivity contribution in [1.82, 2.24) is 4.90 Å². The summed E-state index contributed by atoms with van der Waals surface area (Å²) < 4.78 is 5.03. The fourth-order valence-corrected chi connectivity index (χ4v) is 2.16. The number of carbonyl (C=O) groups is 2. The van der Waals surface area contributed by atoms with Gasteiger partial charge in [-0.15, -0.1) is 0 Å². The van der Waals surface area contributed by atoms with Gasteiger partial charge in [-0.25, -0.2) is 0 Å². The predicted octanol–water partition coefficient (Wildman–Crippen LogP) is 0.656. The lowest BCUT2D eigenvalue weighted by Crippen LogP contribution is -2.43. The molecule has 2 rings (SSSR count). The van der Waals surface area contributed by atoms with Crippen LogP contribution < -0.4 is 0 Å². The van der Waals surface area contributed by atoms with E-state index in [-0.39, 0.29) is 5.91 Å². The van der Waals surface area contributed by atoms with Crippen molar-refractivity contribution in [2.75, 3.05) is 26.8 Å². The molecule has 17 heavy (non-hydrogen) atoms. The van der Waals surface area contributed by atoms with Crippen molar-refractivity contribution in [3.05, 3.63) is 11.6 Å². The van der Waals surface area contributed by atoms with Crippen LogP contribution >= 0.6 is 0 Å². The third kappa shape index (κ3) is 2.20. The van der Waals surface area contributed by atoms with E-state index in [0.717, 1.165) is 6.42 Å². The van der Waals surface area contributed by atoms with E-state index in [1.807, 2.05) is 6.08 Å².